The van der Waals surface area contributed by atoms with E-state index in [0.29, 0.717) is 5.69 Å². The molecule has 0 aromatic carbocycles. The van der Waals surface area contributed by atoms with Gasteiger partial charge >= 0.3 is 0 Å². The van der Waals surface area contributed by atoms with Crippen molar-refractivity contribution in [2.45, 2.75) is 18.9 Å². The van der Waals surface area contributed by atoms with E-state index >= 15 is 0 Å². The number of aromatic nitrogens is 3. The van der Waals surface area contributed by atoms with E-state index in [1.165, 1.54) is 0 Å². The second-order valence-corrected chi connectivity index (χ2v) is 7.22. The minimum absolute atomic E-state index is 0.0658. The fourth-order valence-electron chi connectivity index (χ4n) is 3.11. The van der Waals surface area contributed by atoms with E-state index in [0.717, 1.165) is 46.7 Å². The lowest BCUT2D eigenvalue weighted by molar-refractivity contribution is 0.0697. The molecule has 0 spiro atoms. The van der Waals surface area contributed by atoms with Crippen LogP contribution in [0, 0.1) is 0 Å². The fourth-order valence-corrected chi connectivity index (χ4v) is 4.07. The molecule has 0 saturated carbocycles. The van der Waals surface area contributed by atoms with Crippen molar-refractivity contribution in [3.8, 4) is 10.6 Å². The molecule has 3 aromatic rings. The van der Waals surface area contributed by atoms with E-state index < -0.39 is 0 Å². The number of nitrogens with one attached hydrogen (secondary N) is 1. The summed E-state index contributed by atoms with van der Waals surface area (Å²) in [6.45, 7) is 1.90. The molecule has 128 valence electrons. The zero-order valence-electron chi connectivity index (χ0n) is 14.0. The van der Waals surface area contributed by atoms with E-state index in [1.54, 1.807) is 34.8 Å². The highest BCUT2D eigenvalue weighted by molar-refractivity contribution is 7.21. The lowest BCUT2D eigenvalue weighted by Gasteiger charge is -2.31. The van der Waals surface area contributed by atoms with Crippen molar-refractivity contribution in [2.75, 3.05) is 20.1 Å². The summed E-state index contributed by atoms with van der Waals surface area (Å²) >= 11 is 1.58. The molecule has 1 saturated heterocycles. The van der Waals surface area contributed by atoms with Crippen molar-refractivity contribution in [2.24, 2.45) is 0 Å². The Hall–Kier alpha value is -2.38. The quantitative estimate of drug-likeness (QED) is 0.784. The van der Waals surface area contributed by atoms with Gasteiger partial charge in [-0.05, 0) is 38.1 Å². The highest BCUT2D eigenvalue weighted by atomic mass is 32.1. The maximum Gasteiger partial charge on any atom is 0.274 e. The number of carbonyl (C=O) groups is 1. The Kier molecular flexibility index (Phi) is 4.42. The van der Waals surface area contributed by atoms with Gasteiger partial charge in [0.2, 0.25) is 0 Å². The summed E-state index contributed by atoms with van der Waals surface area (Å²) in [5.41, 5.74) is 1.16. The second-order valence-electron chi connectivity index (χ2n) is 6.19. The molecule has 0 atom stereocenters. The van der Waals surface area contributed by atoms with Crippen LogP contribution in [0.3, 0.4) is 0 Å². The van der Waals surface area contributed by atoms with Crippen molar-refractivity contribution in [1.29, 1.82) is 0 Å². The molecule has 3 aromatic heterocycles. The van der Waals surface area contributed by atoms with Crippen LogP contribution in [0.5, 0.6) is 0 Å². The molecule has 0 radical (unpaired) electrons. The lowest BCUT2D eigenvalue weighted by atomic mass is 10.1. The van der Waals surface area contributed by atoms with Gasteiger partial charge in [-0.15, -0.1) is 11.3 Å². The Labute approximate surface area is 149 Å². The van der Waals surface area contributed by atoms with Gasteiger partial charge < -0.3 is 10.2 Å². The Balaban J connectivity index is 1.53. The molecule has 1 aliphatic rings. The van der Waals surface area contributed by atoms with Gasteiger partial charge in [-0.1, -0.05) is 6.07 Å². The SMILES string of the molecule is CN(C(=O)c1cnc(-c2cc3cccnc3s2)cn1)C1CCNCC1. The average molecular weight is 353 g/mol. The van der Waals surface area contributed by atoms with Crippen molar-refractivity contribution in [1.82, 2.24) is 25.2 Å². The molecule has 7 heteroatoms. The number of hydrogen-bond acceptors (Lipinski definition) is 6. The summed E-state index contributed by atoms with van der Waals surface area (Å²) in [7, 11) is 1.85. The molecule has 0 unspecified atom stereocenters. The van der Waals surface area contributed by atoms with Crippen molar-refractivity contribution in [3.05, 3.63) is 42.5 Å². The van der Waals surface area contributed by atoms with Crippen LogP contribution in [-0.2, 0) is 0 Å². The Morgan fingerprint density at radius 3 is 2.80 bits per heavy atom. The van der Waals surface area contributed by atoms with E-state index in [1.807, 2.05) is 19.2 Å². The van der Waals surface area contributed by atoms with E-state index in [2.05, 4.69) is 26.3 Å². The van der Waals surface area contributed by atoms with Gasteiger partial charge in [0.25, 0.3) is 5.91 Å². The van der Waals surface area contributed by atoms with Crippen LogP contribution in [-0.4, -0.2) is 51.9 Å². The smallest absolute Gasteiger partial charge is 0.274 e. The number of hydrogen-bond donors (Lipinski definition) is 1. The number of carbonyl (C=O) groups excluding carboxylic acids is 1. The number of amides is 1. The summed E-state index contributed by atoms with van der Waals surface area (Å²) in [5.74, 6) is -0.0658. The summed E-state index contributed by atoms with van der Waals surface area (Å²) in [6.07, 6.45) is 6.99. The highest BCUT2D eigenvalue weighted by Gasteiger charge is 2.23. The number of pyridine rings is 1. The molecule has 0 bridgehead atoms. The average Bonchev–Trinajstić information content (AvgIpc) is 3.12. The molecule has 6 nitrogen and oxygen atoms in total. The number of piperidine rings is 1. The van der Waals surface area contributed by atoms with Crippen LogP contribution in [0.4, 0.5) is 0 Å². The monoisotopic (exact) mass is 353 g/mol. The number of nitrogens with zero attached hydrogens (tertiary/aromatic N) is 4. The molecular formula is C18H19N5OS. The predicted molar refractivity (Wildman–Crippen MR) is 98.6 cm³/mol. The first-order chi connectivity index (χ1) is 12.2. The highest BCUT2D eigenvalue weighted by Crippen LogP contribution is 2.30. The van der Waals surface area contributed by atoms with Crippen LogP contribution < -0.4 is 5.32 Å². The van der Waals surface area contributed by atoms with Crippen LogP contribution >= 0.6 is 11.3 Å². The van der Waals surface area contributed by atoms with Gasteiger partial charge in [0.05, 0.1) is 23.0 Å². The first-order valence-electron chi connectivity index (χ1n) is 8.37. The first-order valence-corrected chi connectivity index (χ1v) is 9.19. The summed E-state index contributed by atoms with van der Waals surface area (Å²) in [6, 6.07) is 6.27. The van der Waals surface area contributed by atoms with E-state index in [9.17, 15) is 4.79 Å². The topological polar surface area (TPSA) is 71.0 Å². The van der Waals surface area contributed by atoms with Gasteiger partial charge in [-0.2, -0.15) is 0 Å². The van der Waals surface area contributed by atoms with Gasteiger partial charge in [0.15, 0.2) is 0 Å². The largest absolute Gasteiger partial charge is 0.337 e. The molecule has 4 rings (SSSR count). The Bertz CT molecular complexity index is 853. The molecule has 4 heterocycles. The Morgan fingerprint density at radius 2 is 2.08 bits per heavy atom. The lowest BCUT2D eigenvalue weighted by Crippen LogP contribution is -2.44. The number of fused-ring (bicyclic) bond motifs is 1. The molecule has 1 aliphatic heterocycles. The zero-order valence-corrected chi connectivity index (χ0v) is 14.8. The van der Waals surface area contributed by atoms with Crippen LogP contribution in [0.25, 0.3) is 20.8 Å². The van der Waals surface area contributed by atoms with Gasteiger partial charge in [-0.3, -0.25) is 9.78 Å². The number of rotatable bonds is 3. The number of thiophene rings is 1. The Morgan fingerprint density at radius 1 is 1.24 bits per heavy atom. The van der Waals surface area contributed by atoms with Gasteiger partial charge in [0.1, 0.15) is 10.5 Å². The maximum atomic E-state index is 12.6. The molecule has 1 amide bonds. The van der Waals surface area contributed by atoms with E-state index in [-0.39, 0.29) is 11.9 Å². The van der Waals surface area contributed by atoms with Crippen molar-refractivity contribution < 1.29 is 4.79 Å². The molecular weight excluding hydrogens is 334 g/mol. The van der Waals surface area contributed by atoms with E-state index in [4.69, 9.17) is 0 Å². The fraction of sp³-hybridized carbons (Fsp3) is 0.333. The first kappa shape index (κ1) is 16.1. The van der Waals surface area contributed by atoms with Crippen molar-refractivity contribution in [3.63, 3.8) is 0 Å². The van der Waals surface area contributed by atoms with Crippen LogP contribution in [0.1, 0.15) is 23.3 Å². The zero-order chi connectivity index (χ0) is 17.2. The summed E-state index contributed by atoms with van der Waals surface area (Å²) in [4.78, 5) is 29.6. The minimum atomic E-state index is -0.0658. The molecule has 1 N–H and O–H groups in total. The molecule has 25 heavy (non-hydrogen) atoms. The van der Waals surface area contributed by atoms with Crippen molar-refractivity contribution >= 4 is 27.5 Å². The third-order valence-electron chi connectivity index (χ3n) is 4.59. The molecule has 0 aliphatic carbocycles. The van der Waals surface area contributed by atoms with Gasteiger partial charge in [0, 0.05) is 24.7 Å². The standard InChI is InChI=1S/C18H19N5OS/c1-23(13-4-7-19-8-5-13)18(24)15-11-21-14(10-22-15)16-9-12-3-2-6-20-17(12)25-16/h2-3,6,9-11,13,19H,4-5,7-8H2,1H3. The molecule has 1 fully saturated rings. The van der Waals surface area contributed by atoms with Crippen LogP contribution in [0.2, 0.25) is 0 Å². The van der Waals surface area contributed by atoms with Crippen LogP contribution in [0.15, 0.2) is 36.8 Å². The van der Waals surface area contributed by atoms with Gasteiger partial charge in [-0.25, -0.2) is 9.97 Å². The second kappa shape index (κ2) is 6.85. The summed E-state index contributed by atoms with van der Waals surface area (Å²) in [5, 5.41) is 4.41. The predicted octanol–water partition coefficient (Wildman–Crippen LogP) is 2.58. The normalized spacial score (nSPS) is 15.4. The summed E-state index contributed by atoms with van der Waals surface area (Å²) < 4.78 is 0. The third-order valence-corrected chi connectivity index (χ3v) is 5.68. The minimum Gasteiger partial charge on any atom is -0.337 e. The third kappa shape index (κ3) is 3.25. The maximum absolute atomic E-state index is 12.6.